The van der Waals surface area contributed by atoms with Crippen LogP contribution in [0.15, 0.2) is 91.0 Å². The van der Waals surface area contributed by atoms with Crippen LogP contribution in [0.5, 0.6) is 0 Å². The molecule has 0 aromatic heterocycles. The van der Waals surface area contributed by atoms with Gasteiger partial charge in [0.15, 0.2) is 24.8 Å². The van der Waals surface area contributed by atoms with Crippen LogP contribution in [-0.2, 0) is 81.6 Å². The van der Waals surface area contributed by atoms with E-state index >= 15 is 0 Å². The highest BCUT2D eigenvalue weighted by atomic mass is 16.7. The number of benzene rings is 3. The molecule has 0 bridgehead atoms. The molecular formula is C41H49NO14. The summed E-state index contributed by atoms with van der Waals surface area (Å²) < 4.78 is 54.8. The molecule has 0 radical (unpaired) electrons. The smallest absolute Gasteiger partial charge is 0.303 e. The quantitative estimate of drug-likeness (QED) is 0.151. The molecule has 0 aliphatic carbocycles. The molecule has 0 spiro atoms. The predicted octanol–water partition coefficient (Wildman–Crippen LogP) is 3.13. The number of amides is 1. The molecule has 3 aromatic rings. The normalized spacial score (nSPS) is 27.4. The van der Waals surface area contributed by atoms with Crippen LogP contribution in [0.1, 0.15) is 44.4 Å². The molecule has 10 atom stereocenters. The van der Waals surface area contributed by atoms with Crippen LogP contribution in [-0.4, -0.2) is 103 Å². The average Bonchev–Trinajstić information content (AvgIpc) is 3.16. The van der Waals surface area contributed by atoms with Gasteiger partial charge < -0.3 is 53.1 Å². The molecule has 0 unspecified atom stereocenters. The van der Waals surface area contributed by atoms with Gasteiger partial charge in [-0.05, 0) is 16.7 Å². The number of aliphatic hydroxyl groups excluding tert-OH is 1. The largest absolute Gasteiger partial charge is 0.463 e. The van der Waals surface area contributed by atoms with Gasteiger partial charge in [-0.25, -0.2) is 0 Å². The Bertz CT molecular complexity index is 1700. The number of rotatable bonds is 17. The highest BCUT2D eigenvalue weighted by Crippen LogP contribution is 2.34. The molecule has 0 saturated carbocycles. The van der Waals surface area contributed by atoms with Gasteiger partial charge in [0.25, 0.3) is 0 Å². The van der Waals surface area contributed by atoms with E-state index in [4.69, 9.17) is 42.6 Å². The lowest BCUT2D eigenvalue weighted by molar-refractivity contribution is -0.353. The second-order valence-electron chi connectivity index (χ2n) is 13.4. The first-order valence-electron chi connectivity index (χ1n) is 18.3. The molecule has 15 nitrogen and oxygen atoms in total. The molecule has 2 aliphatic rings. The molecule has 1 amide bonds. The van der Waals surface area contributed by atoms with Crippen molar-refractivity contribution in [2.75, 3.05) is 13.2 Å². The maximum Gasteiger partial charge on any atom is 0.303 e. The summed E-state index contributed by atoms with van der Waals surface area (Å²) in [4.78, 5) is 49.5. The first kappa shape index (κ1) is 42.4. The fourth-order valence-electron chi connectivity index (χ4n) is 6.52. The number of aliphatic hydroxyl groups is 1. The molecule has 56 heavy (non-hydrogen) atoms. The van der Waals surface area contributed by atoms with Crippen molar-refractivity contribution in [1.29, 1.82) is 0 Å². The van der Waals surface area contributed by atoms with E-state index in [0.29, 0.717) is 0 Å². The van der Waals surface area contributed by atoms with Crippen LogP contribution in [0.25, 0.3) is 0 Å². The number of ether oxygens (including phenoxy) is 9. The van der Waals surface area contributed by atoms with Gasteiger partial charge in [-0.2, -0.15) is 0 Å². The topological polar surface area (TPSA) is 184 Å². The van der Waals surface area contributed by atoms with Crippen LogP contribution in [0.2, 0.25) is 0 Å². The Morgan fingerprint density at radius 2 is 1.09 bits per heavy atom. The van der Waals surface area contributed by atoms with E-state index in [1.54, 1.807) is 0 Å². The van der Waals surface area contributed by atoms with Crippen molar-refractivity contribution in [3.8, 4) is 0 Å². The molecule has 2 heterocycles. The minimum Gasteiger partial charge on any atom is -0.463 e. The Hall–Kier alpha value is -4.74. The summed E-state index contributed by atoms with van der Waals surface area (Å²) in [5.74, 6) is -2.71. The summed E-state index contributed by atoms with van der Waals surface area (Å²) in [7, 11) is 0. The van der Waals surface area contributed by atoms with Crippen LogP contribution in [0.3, 0.4) is 0 Å². The third-order valence-corrected chi connectivity index (χ3v) is 8.94. The number of hydrogen-bond acceptors (Lipinski definition) is 14. The van der Waals surface area contributed by atoms with Gasteiger partial charge in [-0.1, -0.05) is 91.0 Å². The minimum atomic E-state index is -1.51. The zero-order valence-corrected chi connectivity index (χ0v) is 31.7. The summed E-state index contributed by atoms with van der Waals surface area (Å²) in [6, 6.07) is 26.8. The van der Waals surface area contributed by atoms with E-state index < -0.39 is 91.8 Å². The molecule has 302 valence electrons. The van der Waals surface area contributed by atoms with Crippen molar-refractivity contribution in [3.05, 3.63) is 108 Å². The predicted molar refractivity (Wildman–Crippen MR) is 196 cm³/mol. The molecule has 2 fully saturated rings. The lowest BCUT2D eigenvalue weighted by atomic mass is 9.94. The van der Waals surface area contributed by atoms with Crippen LogP contribution < -0.4 is 5.32 Å². The standard InChI is InChI=1S/C41H49NO14/c1-25(43)42-34-37(53-28(4)46)35(52-27(3)45)33(24-49-26(2)44)55-41(34)56-36-32(23-48-20-29-14-8-5-9-15-29)54-40(47)39(51-22-31-18-12-7-13-19-31)38(36)50-21-30-16-10-6-11-17-30/h5-19,32-41,47H,20-24H2,1-4H3,(H,42,43)/t32-,33-,34-,35-,36-,37-,38+,39-,40+,41+/m1/s1. The number of carbonyl (C=O) groups is 4. The summed E-state index contributed by atoms with van der Waals surface area (Å²) in [5.41, 5.74) is 2.52. The fraction of sp³-hybridized carbons (Fsp3) is 0.463. The zero-order valence-electron chi connectivity index (χ0n) is 31.7. The second-order valence-corrected chi connectivity index (χ2v) is 13.4. The first-order chi connectivity index (χ1) is 27.0. The van der Waals surface area contributed by atoms with Crippen molar-refractivity contribution in [2.45, 2.75) is 109 Å². The van der Waals surface area contributed by atoms with E-state index in [2.05, 4.69) is 5.32 Å². The summed E-state index contributed by atoms with van der Waals surface area (Å²) in [6.45, 7) is 4.55. The Balaban J connectivity index is 1.54. The summed E-state index contributed by atoms with van der Waals surface area (Å²) in [5, 5.41) is 14.3. The second kappa shape index (κ2) is 21.0. The fourth-order valence-corrected chi connectivity index (χ4v) is 6.52. The van der Waals surface area contributed by atoms with Gasteiger partial charge in [0.1, 0.15) is 43.2 Å². The Morgan fingerprint density at radius 3 is 1.61 bits per heavy atom. The van der Waals surface area contributed by atoms with E-state index in [1.165, 1.54) is 13.8 Å². The van der Waals surface area contributed by atoms with E-state index in [-0.39, 0.29) is 26.4 Å². The summed E-state index contributed by atoms with van der Waals surface area (Å²) in [6.07, 6.45) is -11.3. The van der Waals surface area contributed by atoms with Gasteiger partial charge in [0, 0.05) is 27.7 Å². The Kier molecular flexibility index (Phi) is 15.9. The SMILES string of the molecule is CC(=O)N[C@H]1[C@H](O[C@H]2[C@H](OCc3ccccc3)[C@@H](OCc3ccccc3)[C@@H](O)O[C@@H]2COCc2ccccc2)O[C@H](COC(C)=O)[C@@H](OC(C)=O)[C@@H]1OC(C)=O. The maximum atomic E-state index is 12.7. The lowest BCUT2D eigenvalue weighted by Gasteiger charge is -2.49. The van der Waals surface area contributed by atoms with E-state index in [0.717, 1.165) is 30.5 Å². The molecule has 2 aliphatic heterocycles. The van der Waals surface area contributed by atoms with Gasteiger partial charge >= 0.3 is 17.9 Å². The monoisotopic (exact) mass is 779 g/mol. The van der Waals surface area contributed by atoms with Crippen LogP contribution in [0.4, 0.5) is 0 Å². The summed E-state index contributed by atoms with van der Waals surface area (Å²) >= 11 is 0. The molecular weight excluding hydrogens is 730 g/mol. The van der Waals surface area contributed by atoms with Crippen molar-refractivity contribution in [2.24, 2.45) is 0 Å². The third kappa shape index (κ3) is 12.4. The molecule has 15 heteroatoms. The lowest BCUT2D eigenvalue weighted by Crippen LogP contribution is -2.69. The van der Waals surface area contributed by atoms with Crippen molar-refractivity contribution >= 4 is 23.8 Å². The first-order valence-corrected chi connectivity index (χ1v) is 18.3. The van der Waals surface area contributed by atoms with Gasteiger partial charge in [0.05, 0.1) is 26.4 Å². The van der Waals surface area contributed by atoms with E-state index in [9.17, 15) is 24.3 Å². The van der Waals surface area contributed by atoms with Crippen molar-refractivity contribution < 1.29 is 66.9 Å². The Labute approximate surface area is 325 Å². The number of carbonyl (C=O) groups excluding carboxylic acids is 4. The van der Waals surface area contributed by atoms with Gasteiger partial charge in [-0.3, -0.25) is 19.2 Å². The van der Waals surface area contributed by atoms with Crippen molar-refractivity contribution in [1.82, 2.24) is 5.32 Å². The minimum absolute atomic E-state index is 0.0706. The van der Waals surface area contributed by atoms with E-state index in [1.807, 2.05) is 91.0 Å². The zero-order chi connectivity index (χ0) is 40.0. The maximum absolute atomic E-state index is 12.7. The van der Waals surface area contributed by atoms with Gasteiger partial charge in [0.2, 0.25) is 5.91 Å². The molecule has 2 saturated heterocycles. The number of nitrogens with one attached hydrogen (secondary N) is 1. The number of esters is 3. The molecule has 5 rings (SSSR count). The van der Waals surface area contributed by atoms with Crippen LogP contribution >= 0.6 is 0 Å². The third-order valence-electron chi connectivity index (χ3n) is 8.94. The highest BCUT2D eigenvalue weighted by molar-refractivity contribution is 5.73. The molecule has 2 N–H and O–H groups in total. The molecule has 3 aromatic carbocycles. The average molecular weight is 780 g/mol. The highest BCUT2D eigenvalue weighted by Gasteiger charge is 2.55. The number of hydrogen-bond donors (Lipinski definition) is 2. The van der Waals surface area contributed by atoms with Crippen molar-refractivity contribution in [3.63, 3.8) is 0 Å². The Morgan fingerprint density at radius 1 is 0.589 bits per heavy atom. The van der Waals surface area contributed by atoms with Gasteiger partial charge in [-0.15, -0.1) is 0 Å². The van der Waals surface area contributed by atoms with Crippen LogP contribution in [0, 0.1) is 0 Å².